The summed E-state index contributed by atoms with van der Waals surface area (Å²) < 4.78 is 7.91. The molecular weight excluding hydrogens is 322 g/mol. The molecule has 0 amide bonds. The summed E-state index contributed by atoms with van der Waals surface area (Å²) >= 11 is 1.62. The summed E-state index contributed by atoms with van der Waals surface area (Å²) in [5, 5.41) is 9.54. The number of nitrogens with zero attached hydrogens (tertiary/aromatic N) is 3. The van der Waals surface area contributed by atoms with E-state index in [1.165, 1.54) is 12.8 Å². The minimum Gasteiger partial charge on any atom is -0.492 e. The van der Waals surface area contributed by atoms with Gasteiger partial charge in [0.05, 0.1) is 12.2 Å². The quantitative estimate of drug-likeness (QED) is 0.301. The molecule has 1 heterocycles. The molecule has 0 atom stereocenters. The van der Waals surface area contributed by atoms with Gasteiger partial charge in [0.1, 0.15) is 11.6 Å². The van der Waals surface area contributed by atoms with Gasteiger partial charge in [0.2, 0.25) is 0 Å². The van der Waals surface area contributed by atoms with Crippen molar-refractivity contribution in [3.63, 3.8) is 0 Å². The van der Waals surface area contributed by atoms with Crippen molar-refractivity contribution in [2.24, 2.45) is 0 Å². The maximum absolute atomic E-state index is 11.6. The minimum atomic E-state index is 0.0121. The highest BCUT2D eigenvalue weighted by atomic mass is 32.2. The predicted molar refractivity (Wildman–Crippen MR) is 94.9 cm³/mol. The number of carbonyl (C=O) groups excluding carboxylic acids is 1. The highest BCUT2D eigenvalue weighted by Crippen LogP contribution is 2.40. The van der Waals surface area contributed by atoms with Crippen LogP contribution < -0.4 is 4.74 Å². The Labute approximate surface area is 146 Å². The number of aromatic nitrogens is 3. The summed E-state index contributed by atoms with van der Waals surface area (Å²) in [6.07, 6.45) is 4.27. The Kier molecular flexibility index (Phi) is 5.35. The van der Waals surface area contributed by atoms with E-state index in [-0.39, 0.29) is 5.78 Å². The number of rotatable bonds is 9. The van der Waals surface area contributed by atoms with Crippen molar-refractivity contribution in [1.82, 2.24) is 14.8 Å². The van der Waals surface area contributed by atoms with Crippen LogP contribution in [0, 0.1) is 0 Å². The van der Waals surface area contributed by atoms with Crippen molar-refractivity contribution in [1.29, 1.82) is 0 Å². The average molecular weight is 343 g/mol. The van der Waals surface area contributed by atoms with E-state index < -0.39 is 0 Å². The molecule has 1 saturated carbocycles. The monoisotopic (exact) mass is 343 g/mol. The van der Waals surface area contributed by atoms with Gasteiger partial charge in [0.15, 0.2) is 10.9 Å². The lowest BCUT2D eigenvalue weighted by Crippen LogP contribution is -2.06. The zero-order valence-electron chi connectivity index (χ0n) is 13.8. The highest BCUT2D eigenvalue weighted by molar-refractivity contribution is 7.99. The first-order chi connectivity index (χ1) is 11.7. The number of ketones is 1. The number of Topliss-reactive ketones (excluding diaryl/α,β-unsaturated/α-hetero) is 1. The normalized spacial score (nSPS) is 13.7. The Morgan fingerprint density at radius 2 is 2.21 bits per heavy atom. The van der Waals surface area contributed by atoms with Gasteiger partial charge in [0, 0.05) is 18.2 Å². The fourth-order valence-corrected chi connectivity index (χ4v) is 3.29. The number of hydrogen-bond donors (Lipinski definition) is 0. The van der Waals surface area contributed by atoms with Gasteiger partial charge in [-0.3, -0.25) is 4.79 Å². The summed E-state index contributed by atoms with van der Waals surface area (Å²) in [6.45, 7) is 6.61. The number of hydrogen-bond acceptors (Lipinski definition) is 5. The second kappa shape index (κ2) is 7.66. The van der Waals surface area contributed by atoms with Crippen molar-refractivity contribution in [3.05, 3.63) is 48.3 Å². The van der Waals surface area contributed by atoms with Crippen LogP contribution >= 0.6 is 11.8 Å². The van der Waals surface area contributed by atoms with Gasteiger partial charge in [-0.15, -0.1) is 16.8 Å². The van der Waals surface area contributed by atoms with Crippen LogP contribution in [0.25, 0.3) is 0 Å². The van der Waals surface area contributed by atoms with Gasteiger partial charge < -0.3 is 9.30 Å². The summed E-state index contributed by atoms with van der Waals surface area (Å²) in [5.74, 6) is 3.02. The molecule has 0 spiro atoms. The van der Waals surface area contributed by atoms with Crippen LogP contribution in [0.4, 0.5) is 0 Å². The van der Waals surface area contributed by atoms with Crippen LogP contribution in [0.15, 0.2) is 42.1 Å². The molecule has 0 N–H and O–H groups in total. The Morgan fingerprint density at radius 1 is 1.42 bits per heavy atom. The minimum absolute atomic E-state index is 0.0121. The van der Waals surface area contributed by atoms with Crippen LogP contribution in [0.5, 0.6) is 5.75 Å². The van der Waals surface area contributed by atoms with Crippen molar-refractivity contribution in [2.45, 2.75) is 37.4 Å². The first-order valence-electron chi connectivity index (χ1n) is 8.10. The molecule has 0 aliphatic heterocycles. The third kappa shape index (κ3) is 3.87. The first-order valence-corrected chi connectivity index (χ1v) is 9.08. The molecule has 2 aromatic rings. The van der Waals surface area contributed by atoms with Gasteiger partial charge in [-0.1, -0.05) is 30.0 Å². The lowest BCUT2D eigenvalue weighted by Gasteiger charge is -2.10. The van der Waals surface area contributed by atoms with Gasteiger partial charge in [-0.2, -0.15) is 0 Å². The number of carbonyl (C=O) groups is 1. The van der Waals surface area contributed by atoms with Crippen LogP contribution in [0.1, 0.15) is 41.9 Å². The fraction of sp³-hybridized carbons (Fsp3) is 0.389. The fourth-order valence-electron chi connectivity index (χ4n) is 2.52. The van der Waals surface area contributed by atoms with Crippen LogP contribution in [0.2, 0.25) is 0 Å². The second-order valence-electron chi connectivity index (χ2n) is 5.76. The smallest absolute Gasteiger partial charge is 0.191 e. The first kappa shape index (κ1) is 16.8. The molecule has 0 bridgehead atoms. The SMILES string of the molecule is C=CCn1c(SCCOc2ccccc2C(C)=O)nnc1C1CC1. The van der Waals surface area contributed by atoms with Crippen LogP contribution in [-0.4, -0.2) is 32.9 Å². The molecule has 3 rings (SSSR count). The van der Waals surface area contributed by atoms with Crippen molar-refractivity contribution in [3.8, 4) is 5.75 Å². The molecule has 0 saturated heterocycles. The lowest BCUT2D eigenvalue weighted by atomic mass is 10.1. The number of para-hydroxylation sites is 1. The predicted octanol–water partition coefficient (Wildman–Crippen LogP) is 3.72. The second-order valence-corrected chi connectivity index (χ2v) is 6.83. The standard InChI is InChI=1S/C18H21N3O2S/c1-3-10-21-17(14-8-9-14)19-20-18(21)24-12-11-23-16-7-5-4-6-15(16)13(2)22/h3-7,14H,1,8-12H2,2H3. The van der Waals surface area contributed by atoms with E-state index in [9.17, 15) is 4.79 Å². The summed E-state index contributed by atoms with van der Waals surface area (Å²) in [5.41, 5.74) is 0.619. The number of ether oxygens (including phenoxy) is 1. The zero-order valence-corrected chi connectivity index (χ0v) is 14.6. The molecule has 126 valence electrons. The molecule has 1 aromatic carbocycles. The highest BCUT2D eigenvalue weighted by Gasteiger charge is 2.30. The Bertz CT molecular complexity index is 738. The Morgan fingerprint density at radius 3 is 2.92 bits per heavy atom. The van der Waals surface area contributed by atoms with Crippen LogP contribution in [0.3, 0.4) is 0 Å². The molecule has 0 unspecified atom stereocenters. The van der Waals surface area contributed by atoms with E-state index in [4.69, 9.17) is 4.74 Å². The average Bonchev–Trinajstić information content (AvgIpc) is 3.35. The third-order valence-corrected chi connectivity index (χ3v) is 4.77. The topological polar surface area (TPSA) is 57.0 Å². The van der Waals surface area contributed by atoms with E-state index in [0.29, 0.717) is 23.8 Å². The molecule has 1 aliphatic carbocycles. The molecule has 6 heteroatoms. The largest absolute Gasteiger partial charge is 0.492 e. The van der Waals surface area contributed by atoms with Gasteiger partial charge >= 0.3 is 0 Å². The van der Waals surface area contributed by atoms with Gasteiger partial charge in [-0.25, -0.2) is 0 Å². The maximum atomic E-state index is 11.6. The summed E-state index contributed by atoms with van der Waals surface area (Å²) in [6, 6.07) is 7.33. The Balaban J connectivity index is 1.57. The number of thioether (sulfide) groups is 1. The summed E-state index contributed by atoms with van der Waals surface area (Å²) in [7, 11) is 0. The van der Waals surface area contributed by atoms with Gasteiger partial charge in [-0.05, 0) is 31.9 Å². The number of benzene rings is 1. The molecule has 5 nitrogen and oxygen atoms in total. The Hall–Kier alpha value is -2.08. The van der Waals surface area contributed by atoms with E-state index >= 15 is 0 Å². The van der Waals surface area contributed by atoms with E-state index in [0.717, 1.165) is 23.3 Å². The van der Waals surface area contributed by atoms with Crippen molar-refractivity contribution in [2.75, 3.05) is 12.4 Å². The molecule has 0 radical (unpaired) electrons. The van der Waals surface area contributed by atoms with E-state index in [2.05, 4.69) is 21.3 Å². The molecule has 1 aromatic heterocycles. The molecule has 1 fully saturated rings. The molecule has 24 heavy (non-hydrogen) atoms. The lowest BCUT2D eigenvalue weighted by molar-refractivity contribution is 0.101. The van der Waals surface area contributed by atoms with Gasteiger partial charge in [0.25, 0.3) is 0 Å². The zero-order chi connectivity index (χ0) is 16.9. The summed E-state index contributed by atoms with van der Waals surface area (Å²) in [4.78, 5) is 11.6. The van der Waals surface area contributed by atoms with Crippen molar-refractivity contribution < 1.29 is 9.53 Å². The molecule has 1 aliphatic rings. The van der Waals surface area contributed by atoms with Crippen LogP contribution in [-0.2, 0) is 6.54 Å². The molecular formula is C18H21N3O2S. The maximum Gasteiger partial charge on any atom is 0.191 e. The van der Waals surface area contributed by atoms with Crippen molar-refractivity contribution >= 4 is 17.5 Å². The van der Waals surface area contributed by atoms with E-state index in [1.807, 2.05) is 24.3 Å². The number of allylic oxidation sites excluding steroid dienone is 1. The van der Waals surface area contributed by atoms with E-state index in [1.54, 1.807) is 24.8 Å². The third-order valence-electron chi connectivity index (χ3n) is 3.84.